The third-order valence-corrected chi connectivity index (χ3v) is 4.09. The summed E-state index contributed by atoms with van der Waals surface area (Å²) >= 11 is 9.26. The molecule has 2 aromatic heterocycles. The Balaban J connectivity index is 2.25. The molecule has 0 amide bonds. The first-order valence-corrected chi connectivity index (χ1v) is 7.89. The lowest BCUT2D eigenvalue weighted by Crippen LogP contribution is -2.18. The zero-order valence-corrected chi connectivity index (χ0v) is 13.3. The van der Waals surface area contributed by atoms with Crippen molar-refractivity contribution in [2.24, 2.45) is 0 Å². The molecule has 0 aliphatic carbocycles. The lowest BCUT2D eigenvalue weighted by atomic mass is 9.92. The monoisotopic (exact) mass is 304 g/mol. The van der Waals surface area contributed by atoms with E-state index in [0.717, 1.165) is 24.2 Å². The summed E-state index contributed by atoms with van der Waals surface area (Å²) in [6.45, 7) is 2.11. The predicted molar refractivity (Wildman–Crippen MR) is 90.8 cm³/mol. The molecular formula is C16H20N2S2. The minimum atomic E-state index is 0.118. The summed E-state index contributed by atoms with van der Waals surface area (Å²) in [4.78, 5) is 8.99. The molecule has 106 valence electrons. The summed E-state index contributed by atoms with van der Waals surface area (Å²) < 4.78 is 0. The third-order valence-electron chi connectivity index (χ3n) is 3.28. The molecule has 2 atom stereocenters. The van der Waals surface area contributed by atoms with Gasteiger partial charge in [0.1, 0.15) is 0 Å². The van der Waals surface area contributed by atoms with Crippen molar-refractivity contribution in [3.8, 4) is 0 Å². The number of pyridine rings is 2. The van der Waals surface area contributed by atoms with Gasteiger partial charge in [-0.2, -0.15) is 25.3 Å². The summed E-state index contributed by atoms with van der Waals surface area (Å²) in [5.74, 6) is 0.118. The molecule has 0 aromatic carbocycles. The van der Waals surface area contributed by atoms with Crippen molar-refractivity contribution in [1.82, 2.24) is 9.97 Å². The number of aromatic nitrogens is 2. The molecule has 0 bridgehead atoms. The van der Waals surface area contributed by atoms with Crippen molar-refractivity contribution in [2.45, 2.75) is 36.2 Å². The van der Waals surface area contributed by atoms with Crippen molar-refractivity contribution in [2.75, 3.05) is 0 Å². The van der Waals surface area contributed by atoms with Crippen molar-refractivity contribution in [3.05, 3.63) is 60.2 Å². The van der Waals surface area contributed by atoms with Crippen molar-refractivity contribution >= 4 is 25.3 Å². The van der Waals surface area contributed by atoms with Gasteiger partial charge >= 0.3 is 0 Å². The van der Waals surface area contributed by atoms with E-state index in [9.17, 15) is 0 Å². The first-order chi connectivity index (χ1) is 9.68. The summed E-state index contributed by atoms with van der Waals surface area (Å²) in [5, 5.41) is 0.576. The average molecular weight is 304 g/mol. The van der Waals surface area contributed by atoms with Crippen LogP contribution in [0.5, 0.6) is 0 Å². The molecule has 4 heteroatoms. The van der Waals surface area contributed by atoms with Gasteiger partial charge in [-0.3, -0.25) is 9.97 Å². The molecule has 0 spiro atoms. The maximum absolute atomic E-state index is 4.81. The van der Waals surface area contributed by atoms with Crippen LogP contribution in [0.1, 0.15) is 37.1 Å². The summed E-state index contributed by atoms with van der Waals surface area (Å²) in [6.07, 6.45) is 5.68. The average Bonchev–Trinajstić information content (AvgIpc) is 2.48. The Morgan fingerprint density at radius 2 is 1.45 bits per heavy atom. The van der Waals surface area contributed by atoms with E-state index in [2.05, 4.69) is 29.5 Å². The molecule has 0 N–H and O–H groups in total. The minimum absolute atomic E-state index is 0.118. The summed E-state index contributed by atoms with van der Waals surface area (Å²) in [6, 6.07) is 12.0. The SMILES string of the molecule is CC(S)CCC(S)C(c1ccccn1)c1ccccn1. The fraction of sp³-hybridized carbons (Fsp3) is 0.375. The highest BCUT2D eigenvalue weighted by Gasteiger charge is 2.24. The Morgan fingerprint density at radius 3 is 1.85 bits per heavy atom. The van der Waals surface area contributed by atoms with Crippen LogP contribution in [0.2, 0.25) is 0 Å². The number of hydrogen-bond acceptors (Lipinski definition) is 4. The van der Waals surface area contributed by atoms with Gasteiger partial charge in [0.15, 0.2) is 0 Å². The van der Waals surface area contributed by atoms with Gasteiger partial charge < -0.3 is 0 Å². The topological polar surface area (TPSA) is 25.8 Å². The van der Waals surface area contributed by atoms with E-state index in [1.54, 1.807) is 0 Å². The van der Waals surface area contributed by atoms with E-state index in [0.29, 0.717) is 5.25 Å². The minimum Gasteiger partial charge on any atom is -0.261 e. The Labute approximate surface area is 131 Å². The molecule has 0 saturated carbocycles. The van der Waals surface area contributed by atoms with E-state index in [1.165, 1.54) is 0 Å². The molecule has 0 saturated heterocycles. The fourth-order valence-corrected chi connectivity index (χ4v) is 2.85. The van der Waals surface area contributed by atoms with Gasteiger partial charge in [0.05, 0.1) is 17.3 Å². The van der Waals surface area contributed by atoms with E-state index in [1.807, 2.05) is 48.8 Å². The van der Waals surface area contributed by atoms with Gasteiger partial charge in [0.25, 0.3) is 0 Å². The molecule has 0 aliphatic rings. The molecule has 2 rings (SSSR count). The molecule has 2 nitrogen and oxygen atoms in total. The maximum atomic E-state index is 4.81. The van der Waals surface area contributed by atoms with Crippen LogP contribution in [-0.4, -0.2) is 20.5 Å². The number of thiol groups is 2. The zero-order chi connectivity index (χ0) is 14.4. The highest BCUT2D eigenvalue weighted by Crippen LogP contribution is 2.31. The Bertz CT molecular complexity index is 463. The van der Waals surface area contributed by atoms with E-state index < -0.39 is 0 Å². The number of hydrogen-bond donors (Lipinski definition) is 2. The van der Waals surface area contributed by atoms with Gasteiger partial charge in [0, 0.05) is 17.6 Å². The molecule has 20 heavy (non-hydrogen) atoms. The molecule has 0 aliphatic heterocycles. The van der Waals surface area contributed by atoms with E-state index in [4.69, 9.17) is 12.6 Å². The van der Waals surface area contributed by atoms with Crippen molar-refractivity contribution in [3.63, 3.8) is 0 Å². The van der Waals surface area contributed by atoms with Gasteiger partial charge in [-0.25, -0.2) is 0 Å². The van der Waals surface area contributed by atoms with Crippen molar-refractivity contribution in [1.29, 1.82) is 0 Å². The number of rotatable bonds is 6. The second-order valence-electron chi connectivity index (χ2n) is 4.98. The quantitative estimate of drug-likeness (QED) is 0.789. The predicted octanol–water partition coefficient (Wildman–Crippen LogP) is 4.01. The van der Waals surface area contributed by atoms with Crippen LogP contribution in [-0.2, 0) is 0 Å². The molecular weight excluding hydrogens is 284 g/mol. The number of nitrogens with zero attached hydrogens (tertiary/aromatic N) is 2. The lowest BCUT2D eigenvalue weighted by molar-refractivity contribution is 0.624. The highest BCUT2D eigenvalue weighted by molar-refractivity contribution is 7.81. The van der Waals surface area contributed by atoms with Gasteiger partial charge in [-0.15, -0.1) is 0 Å². The highest BCUT2D eigenvalue weighted by atomic mass is 32.1. The van der Waals surface area contributed by atoms with Gasteiger partial charge in [0.2, 0.25) is 0 Å². The van der Waals surface area contributed by atoms with Crippen LogP contribution in [0.3, 0.4) is 0 Å². The van der Waals surface area contributed by atoms with Crippen LogP contribution in [0.25, 0.3) is 0 Å². The normalized spacial score (nSPS) is 14.2. The largest absolute Gasteiger partial charge is 0.261 e. The maximum Gasteiger partial charge on any atom is 0.0552 e. The Hall–Kier alpha value is -1.00. The van der Waals surface area contributed by atoms with Gasteiger partial charge in [-0.05, 0) is 42.4 Å². The van der Waals surface area contributed by atoms with Crippen molar-refractivity contribution < 1.29 is 0 Å². The molecule has 2 unspecified atom stereocenters. The zero-order valence-electron chi connectivity index (χ0n) is 11.6. The van der Waals surface area contributed by atoms with E-state index in [-0.39, 0.29) is 11.2 Å². The summed E-state index contributed by atoms with van der Waals surface area (Å²) in [5.41, 5.74) is 2.05. The summed E-state index contributed by atoms with van der Waals surface area (Å²) in [7, 11) is 0. The smallest absolute Gasteiger partial charge is 0.0552 e. The van der Waals surface area contributed by atoms with Crippen LogP contribution in [0.4, 0.5) is 0 Å². The second-order valence-corrected chi connectivity index (χ2v) is 6.53. The van der Waals surface area contributed by atoms with Crippen LogP contribution in [0, 0.1) is 0 Å². The Morgan fingerprint density at radius 1 is 0.900 bits per heavy atom. The van der Waals surface area contributed by atoms with Crippen LogP contribution >= 0.6 is 25.3 Å². The first kappa shape index (κ1) is 15.4. The standard InChI is InChI=1S/C16H20N2S2/c1-12(19)8-9-15(20)16(13-6-2-4-10-17-13)14-7-3-5-11-18-14/h2-7,10-12,15-16,19-20H,8-9H2,1H3. The Kier molecular flexibility index (Phi) is 5.92. The first-order valence-electron chi connectivity index (χ1n) is 6.86. The molecule has 2 aromatic rings. The van der Waals surface area contributed by atoms with Crippen LogP contribution < -0.4 is 0 Å². The third kappa shape index (κ3) is 4.25. The molecule has 0 fully saturated rings. The lowest BCUT2D eigenvalue weighted by Gasteiger charge is -2.23. The van der Waals surface area contributed by atoms with Gasteiger partial charge in [-0.1, -0.05) is 19.1 Å². The van der Waals surface area contributed by atoms with E-state index >= 15 is 0 Å². The molecule has 2 heterocycles. The van der Waals surface area contributed by atoms with Crippen LogP contribution in [0.15, 0.2) is 48.8 Å². The fourth-order valence-electron chi connectivity index (χ4n) is 2.24. The molecule has 0 radical (unpaired) electrons. The second kappa shape index (κ2) is 7.70.